The minimum Gasteiger partial charge on any atom is -0.316 e. The second kappa shape index (κ2) is 5.01. The molecule has 0 spiro atoms. The number of halogens is 1. The monoisotopic (exact) mass is 228 g/mol. The van der Waals surface area contributed by atoms with Crippen molar-refractivity contribution in [1.82, 2.24) is 10.3 Å². The molecule has 1 saturated heterocycles. The second-order valence-electron chi connectivity index (χ2n) is 3.45. The number of aromatic nitrogens is 1. The molecular weight excluding hydrogens is 216 g/mol. The summed E-state index contributed by atoms with van der Waals surface area (Å²) in [4.78, 5) is 4.23. The van der Waals surface area contributed by atoms with Crippen LogP contribution in [0.15, 0.2) is 23.4 Å². The molecule has 76 valence electrons. The smallest absolute Gasteiger partial charge is 0.115 e. The van der Waals surface area contributed by atoms with Crippen molar-refractivity contribution in [3.05, 3.63) is 23.4 Å². The van der Waals surface area contributed by atoms with Crippen LogP contribution in [0, 0.1) is 5.92 Å². The third-order valence-electron chi connectivity index (χ3n) is 2.36. The van der Waals surface area contributed by atoms with E-state index in [9.17, 15) is 0 Å². The van der Waals surface area contributed by atoms with Gasteiger partial charge in [0.25, 0.3) is 0 Å². The van der Waals surface area contributed by atoms with Crippen molar-refractivity contribution in [2.24, 2.45) is 5.92 Å². The highest BCUT2D eigenvalue weighted by atomic mass is 35.5. The van der Waals surface area contributed by atoms with Crippen LogP contribution in [0.5, 0.6) is 0 Å². The minimum absolute atomic E-state index is 0.768. The molecular formula is C10H13ClN2S. The van der Waals surface area contributed by atoms with E-state index in [1.807, 2.05) is 12.1 Å². The Hall–Kier alpha value is -0.250. The first-order valence-corrected chi connectivity index (χ1v) is 6.16. The van der Waals surface area contributed by atoms with E-state index in [1.54, 1.807) is 18.0 Å². The third-order valence-corrected chi connectivity index (χ3v) is 3.81. The molecule has 1 aliphatic heterocycles. The highest BCUT2D eigenvalue weighted by Crippen LogP contribution is 2.25. The molecule has 0 atom stereocenters. The summed E-state index contributed by atoms with van der Waals surface area (Å²) in [5, 5.41) is 5.00. The predicted molar refractivity (Wildman–Crippen MR) is 60.9 cm³/mol. The standard InChI is InChI=1S/C10H13ClN2S/c11-9-2-1-4-13-10(9)14-5-3-8-6-12-7-8/h1-2,4,8,12H,3,5-7H2. The van der Waals surface area contributed by atoms with Gasteiger partial charge in [0.1, 0.15) is 5.03 Å². The van der Waals surface area contributed by atoms with E-state index >= 15 is 0 Å². The minimum atomic E-state index is 0.768. The lowest BCUT2D eigenvalue weighted by molar-refractivity contribution is 0.341. The van der Waals surface area contributed by atoms with Crippen molar-refractivity contribution >= 4 is 23.4 Å². The second-order valence-corrected chi connectivity index (χ2v) is 4.94. The van der Waals surface area contributed by atoms with Crippen LogP contribution in [0.3, 0.4) is 0 Å². The van der Waals surface area contributed by atoms with E-state index in [2.05, 4.69) is 10.3 Å². The van der Waals surface area contributed by atoms with Gasteiger partial charge in [0.15, 0.2) is 0 Å². The molecule has 0 radical (unpaired) electrons. The molecule has 2 heterocycles. The molecule has 1 aromatic rings. The van der Waals surface area contributed by atoms with Crippen LogP contribution >= 0.6 is 23.4 Å². The van der Waals surface area contributed by atoms with Gasteiger partial charge >= 0.3 is 0 Å². The summed E-state index contributed by atoms with van der Waals surface area (Å²) >= 11 is 7.75. The zero-order valence-corrected chi connectivity index (χ0v) is 9.44. The van der Waals surface area contributed by atoms with Crippen LogP contribution in [-0.2, 0) is 0 Å². The number of nitrogens with one attached hydrogen (secondary N) is 1. The average Bonchev–Trinajstić information content (AvgIpc) is 2.12. The van der Waals surface area contributed by atoms with E-state index in [-0.39, 0.29) is 0 Å². The van der Waals surface area contributed by atoms with Gasteiger partial charge in [0.2, 0.25) is 0 Å². The molecule has 0 amide bonds. The van der Waals surface area contributed by atoms with Crippen LogP contribution in [0.1, 0.15) is 6.42 Å². The Balaban J connectivity index is 1.76. The van der Waals surface area contributed by atoms with Crippen LogP contribution < -0.4 is 5.32 Å². The quantitative estimate of drug-likeness (QED) is 0.802. The number of pyridine rings is 1. The maximum absolute atomic E-state index is 5.99. The molecule has 0 saturated carbocycles. The summed E-state index contributed by atoms with van der Waals surface area (Å²) in [6.07, 6.45) is 3.05. The van der Waals surface area contributed by atoms with Gasteiger partial charge in [-0.05, 0) is 43.3 Å². The van der Waals surface area contributed by atoms with Crippen LogP contribution in [-0.4, -0.2) is 23.8 Å². The zero-order valence-electron chi connectivity index (χ0n) is 7.87. The molecule has 1 N–H and O–H groups in total. The van der Waals surface area contributed by atoms with E-state index in [4.69, 9.17) is 11.6 Å². The number of thioether (sulfide) groups is 1. The molecule has 2 rings (SSSR count). The summed E-state index contributed by atoms with van der Waals surface area (Å²) in [7, 11) is 0. The Bertz CT molecular complexity index is 302. The Kier molecular flexibility index (Phi) is 3.67. The lowest BCUT2D eigenvalue weighted by Crippen LogP contribution is -2.42. The van der Waals surface area contributed by atoms with Gasteiger partial charge < -0.3 is 5.32 Å². The highest BCUT2D eigenvalue weighted by Gasteiger charge is 2.16. The van der Waals surface area contributed by atoms with E-state index < -0.39 is 0 Å². The van der Waals surface area contributed by atoms with E-state index in [0.29, 0.717) is 0 Å². The Morgan fingerprint density at radius 2 is 2.43 bits per heavy atom. The van der Waals surface area contributed by atoms with Gasteiger partial charge in [0, 0.05) is 6.20 Å². The Labute approximate surface area is 93.4 Å². The summed E-state index contributed by atoms with van der Waals surface area (Å²) < 4.78 is 0. The van der Waals surface area contributed by atoms with E-state index in [1.165, 1.54) is 19.5 Å². The molecule has 0 unspecified atom stereocenters. The van der Waals surface area contributed by atoms with Crippen LogP contribution in [0.2, 0.25) is 5.02 Å². The molecule has 1 aromatic heterocycles. The van der Waals surface area contributed by atoms with Gasteiger partial charge in [0.05, 0.1) is 5.02 Å². The number of rotatable bonds is 4. The average molecular weight is 229 g/mol. The van der Waals surface area contributed by atoms with Crippen molar-refractivity contribution in [3.8, 4) is 0 Å². The first-order valence-electron chi connectivity index (χ1n) is 4.80. The van der Waals surface area contributed by atoms with Gasteiger partial charge in [-0.1, -0.05) is 11.6 Å². The Morgan fingerprint density at radius 3 is 3.07 bits per heavy atom. The van der Waals surface area contributed by atoms with Crippen molar-refractivity contribution in [1.29, 1.82) is 0 Å². The van der Waals surface area contributed by atoms with Crippen molar-refractivity contribution in [2.75, 3.05) is 18.8 Å². The summed E-state index contributed by atoms with van der Waals surface area (Å²) in [5.74, 6) is 1.98. The molecule has 1 fully saturated rings. The normalized spacial score (nSPS) is 16.6. The van der Waals surface area contributed by atoms with Crippen molar-refractivity contribution < 1.29 is 0 Å². The molecule has 0 aliphatic carbocycles. The van der Waals surface area contributed by atoms with Gasteiger partial charge in [-0.3, -0.25) is 0 Å². The molecule has 0 bridgehead atoms. The molecule has 2 nitrogen and oxygen atoms in total. The highest BCUT2D eigenvalue weighted by molar-refractivity contribution is 7.99. The topological polar surface area (TPSA) is 24.9 Å². The maximum Gasteiger partial charge on any atom is 0.115 e. The van der Waals surface area contributed by atoms with Crippen LogP contribution in [0.4, 0.5) is 0 Å². The lowest BCUT2D eigenvalue weighted by atomic mass is 10.0. The van der Waals surface area contributed by atoms with Crippen molar-refractivity contribution in [3.63, 3.8) is 0 Å². The number of hydrogen-bond acceptors (Lipinski definition) is 3. The summed E-state index contributed by atoms with van der Waals surface area (Å²) in [5.41, 5.74) is 0. The third kappa shape index (κ3) is 2.62. The molecule has 0 aromatic carbocycles. The predicted octanol–water partition coefficient (Wildman–Crippen LogP) is 2.44. The number of hydrogen-bond donors (Lipinski definition) is 1. The lowest BCUT2D eigenvalue weighted by Gasteiger charge is -2.26. The molecule has 4 heteroatoms. The summed E-state index contributed by atoms with van der Waals surface area (Å²) in [6.45, 7) is 2.35. The van der Waals surface area contributed by atoms with Gasteiger partial charge in [-0.2, -0.15) is 0 Å². The van der Waals surface area contributed by atoms with Gasteiger partial charge in [-0.15, -0.1) is 11.8 Å². The first kappa shape index (κ1) is 10.3. The van der Waals surface area contributed by atoms with Crippen LogP contribution in [0.25, 0.3) is 0 Å². The van der Waals surface area contributed by atoms with E-state index in [0.717, 1.165) is 21.7 Å². The summed E-state index contributed by atoms with van der Waals surface area (Å²) in [6, 6.07) is 3.75. The SMILES string of the molecule is Clc1cccnc1SCCC1CNC1. The first-order chi connectivity index (χ1) is 6.86. The number of nitrogens with zero attached hydrogens (tertiary/aromatic N) is 1. The molecule has 14 heavy (non-hydrogen) atoms. The molecule has 1 aliphatic rings. The maximum atomic E-state index is 5.99. The Morgan fingerprint density at radius 1 is 1.57 bits per heavy atom. The van der Waals surface area contributed by atoms with Crippen molar-refractivity contribution in [2.45, 2.75) is 11.4 Å². The van der Waals surface area contributed by atoms with Gasteiger partial charge in [-0.25, -0.2) is 4.98 Å². The zero-order chi connectivity index (χ0) is 9.80. The largest absolute Gasteiger partial charge is 0.316 e. The fourth-order valence-electron chi connectivity index (χ4n) is 1.35. The fraction of sp³-hybridized carbons (Fsp3) is 0.500. The fourth-order valence-corrected chi connectivity index (χ4v) is 2.62.